The minimum absolute atomic E-state index is 0.308. The minimum Gasteiger partial charge on any atom is -0.478 e. The standard InChI is InChI=1S/C13H16FNO2/c1-9-2-3-12(11(8-9)13(16)17)15-6-4-10(14)5-7-15/h2-3,8,10H,4-7H2,1H3,(H,16,17). The van der Waals surface area contributed by atoms with Gasteiger partial charge >= 0.3 is 5.97 Å². The van der Waals surface area contributed by atoms with Crippen molar-refractivity contribution in [2.75, 3.05) is 18.0 Å². The molecule has 0 saturated carbocycles. The molecular formula is C13H16FNO2. The number of halogens is 1. The van der Waals surface area contributed by atoms with Crippen LogP contribution in [0, 0.1) is 6.92 Å². The smallest absolute Gasteiger partial charge is 0.337 e. The van der Waals surface area contributed by atoms with Crippen LogP contribution >= 0.6 is 0 Å². The number of nitrogens with zero attached hydrogens (tertiary/aromatic N) is 1. The highest BCUT2D eigenvalue weighted by atomic mass is 19.1. The highest BCUT2D eigenvalue weighted by Gasteiger charge is 2.22. The largest absolute Gasteiger partial charge is 0.478 e. The van der Waals surface area contributed by atoms with E-state index in [1.165, 1.54) is 0 Å². The van der Waals surface area contributed by atoms with Crippen LogP contribution in [0.2, 0.25) is 0 Å². The molecule has 0 unspecified atom stereocenters. The zero-order valence-corrected chi connectivity index (χ0v) is 9.82. The number of carboxylic acids is 1. The van der Waals surface area contributed by atoms with E-state index >= 15 is 0 Å². The second kappa shape index (κ2) is 4.73. The predicted octanol–water partition coefficient (Wildman–Crippen LogP) is 2.63. The summed E-state index contributed by atoms with van der Waals surface area (Å²) in [5, 5.41) is 9.17. The summed E-state index contributed by atoms with van der Waals surface area (Å²) in [4.78, 5) is 13.1. The molecule has 1 heterocycles. The monoisotopic (exact) mass is 237 g/mol. The van der Waals surface area contributed by atoms with Crippen molar-refractivity contribution in [2.45, 2.75) is 25.9 Å². The van der Waals surface area contributed by atoms with Gasteiger partial charge in [-0.05, 0) is 31.9 Å². The number of aryl methyl sites for hydroxylation is 1. The van der Waals surface area contributed by atoms with Gasteiger partial charge in [0.05, 0.1) is 11.3 Å². The number of hydrogen-bond donors (Lipinski definition) is 1. The number of aromatic carboxylic acids is 1. The lowest BCUT2D eigenvalue weighted by Crippen LogP contribution is -2.35. The van der Waals surface area contributed by atoms with Crippen LogP contribution in [0.5, 0.6) is 0 Å². The molecule has 0 aliphatic carbocycles. The Morgan fingerprint density at radius 2 is 2.06 bits per heavy atom. The van der Waals surface area contributed by atoms with Crippen LogP contribution in [-0.2, 0) is 0 Å². The molecule has 17 heavy (non-hydrogen) atoms. The molecule has 0 aromatic heterocycles. The van der Waals surface area contributed by atoms with Crippen LogP contribution in [0.4, 0.5) is 10.1 Å². The molecule has 1 fully saturated rings. The normalized spacial score (nSPS) is 17.2. The highest BCUT2D eigenvalue weighted by Crippen LogP contribution is 2.26. The molecule has 1 aromatic carbocycles. The summed E-state index contributed by atoms with van der Waals surface area (Å²) in [5.41, 5.74) is 1.93. The Morgan fingerprint density at radius 1 is 1.41 bits per heavy atom. The maximum Gasteiger partial charge on any atom is 0.337 e. The van der Waals surface area contributed by atoms with Gasteiger partial charge in [0, 0.05) is 13.1 Å². The second-order valence-corrected chi connectivity index (χ2v) is 4.49. The van der Waals surface area contributed by atoms with Crippen molar-refractivity contribution in [2.24, 2.45) is 0 Å². The fourth-order valence-corrected chi connectivity index (χ4v) is 2.19. The van der Waals surface area contributed by atoms with Gasteiger partial charge in [-0.1, -0.05) is 11.6 Å². The van der Waals surface area contributed by atoms with Crippen molar-refractivity contribution in [1.82, 2.24) is 0 Å². The van der Waals surface area contributed by atoms with Crippen LogP contribution in [0.15, 0.2) is 18.2 Å². The molecule has 4 heteroatoms. The first-order valence-corrected chi connectivity index (χ1v) is 5.81. The number of piperidine rings is 1. The summed E-state index contributed by atoms with van der Waals surface area (Å²) in [6.07, 6.45) is 0.213. The maximum atomic E-state index is 13.1. The van der Waals surface area contributed by atoms with E-state index in [-0.39, 0.29) is 0 Å². The number of rotatable bonds is 2. The Bertz CT molecular complexity index is 425. The average Bonchev–Trinajstić information content (AvgIpc) is 2.30. The first kappa shape index (κ1) is 11.9. The van der Waals surface area contributed by atoms with E-state index < -0.39 is 12.1 Å². The summed E-state index contributed by atoms with van der Waals surface area (Å²) < 4.78 is 13.1. The van der Waals surface area contributed by atoms with Crippen molar-refractivity contribution in [3.63, 3.8) is 0 Å². The van der Waals surface area contributed by atoms with E-state index in [4.69, 9.17) is 0 Å². The molecule has 0 bridgehead atoms. The third-order valence-electron chi connectivity index (χ3n) is 3.15. The number of carboxylic acid groups (broad SMARTS) is 1. The predicted molar refractivity (Wildman–Crippen MR) is 64.5 cm³/mol. The van der Waals surface area contributed by atoms with E-state index in [1.54, 1.807) is 6.07 Å². The topological polar surface area (TPSA) is 40.5 Å². The van der Waals surface area contributed by atoms with Gasteiger partial charge in [-0.2, -0.15) is 0 Å². The number of carbonyl (C=O) groups is 1. The number of anilines is 1. The summed E-state index contributed by atoms with van der Waals surface area (Å²) in [5.74, 6) is -0.925. The zero-order valence-electron chi connectivity index (χ0n) is 9.82. The molecule has 0 amide bonds. The first-order valence-electron chi connectivity index (χ1n) is 5.81. The highest BCUT2D eigenvalue weighted by molar-refractivity contribution is 5.94. The second-order valence-electron chi connectivity index (χ2n) is 4.49. The Labute approximate surface area is 99.9 Å². The molecule has 1 N–H and O–H groups in total. The van der Waals surface area contributed by atoms with Crippen LogP contribution in [0.25, 0.3) is 0 Å². The van der Waals surface area contributed by atoms with Gasteiger partial charge in [0.15, 0.2) is 0 Å². The summed E-state index contributed by atoms with van der Waals surface area (Å²) in [7, 11) is 0. The Hall–Kier alpha value is -1.58. The summed E-state index contributed by atoms with van der Waals surface area (Å²) >= 11 is 0. The third-order valence-corrected chi connectivity index (χ3v) is 3.15. The van der Waals surface area contributed by atoms with Gasteiger partial charge in [0.1, 0.15) is 6.17 Å². The number of hydrogen-bond acceptors (Lipinski definition) is 2. The fourth-order valence-electron chi connectivity index (χ4n) is 2.19. The molecule has 0 atom stereocenters. The van der Waals surface area contributed by atoms with Crippen LogP contribution in [0.1, 0.15) is 28.8 Å². The van der Waals surface area contributed by atoms with E-state index in [0.29, 0.717) is 37.2 Å². The van der Waals surface area contributed by atoms with E-state index in [9.17, 15) is 14.3 Å². The Kier molecular flexibility index (Phi) is 3.31. The van der Waals surface area contributed by atoms with Crippen molar-refractivity contribution < 1.29 is 14.3 Å². The zero-order chi connectivity index (χ0) is 12.4. The molecule has 1 saturated heterocycles. The van der Waals surface area contributed by atoms with Crippen molar-refractivity contribution >= 4 is 11.7 Å². The Balaban J connectivity index is 2.28. The first-order chi connectivity index (χ1) is 8.08. The number of alkyl halides is 1. The molecule has 1 aliphatic heterocycles. The molecule has 1 aromatic rings. The van der Waals surface area contributed by atoms with Gasteiger partial charge in [-0.3, -0.25) is 0 Å². The fraction of sp³-hybridized carbons (Fsp3) is 0.462. The van der Waals surface area contributed by atoms with Crippen molar-refractivity contribution in [1.29, 1.82) is 0 Å². The van der Waals surface area contributed by atoms with Gasteiger partial charge in [-0.15, -0.1) is 0 Å². The van der Waals surface area contributed by atoms with Gasteiger partial charge in [0.25, 0.3) is 0 Å². The van der Waals surface area contributed by atoms with Gasteiger partial charge in [0.2, 0.25) is 0 Å². The quantitative estimate of drug-likeness (QED) is 0.859. The lowest BCUT2D eigenvalue weighted by atomic mass is 10.0. The van der Waals surface area contributed by atoms with Gasteiger partial charge in [-0.25, -0.2) is 9.18 Å². The molecular weight excluding hydrogens is 221 g/mol. The van der Waals surface area contributed by atoms with E-state index in [0.717, 1.165) is 5.56 Å². The lowest BCUT2D eigenvalue weighted by Gasteiger charge is -2.31. The van der Waals surface area contributed by atoms with Crippen LogP contribution in [0.3, 0.4) is 0 Å². The Morgan fingerprint density at radius 3 is 2.65 bits per heavy atom. The third kappa shape index (κ3) is 2.57. The molecule has 1 aliphatic rings. The molecule has 0 spiro atoms. The van der Waals surface area contributed by atoms with Gasteiger partial charge < -0.3 is 10.0 Å². The summed E-state index contributed by atoms with van der Waals surface area (Å²) in [6.45, 7) is 3.04. The van der Waals surface area contributed by atoms with Crippen molar-refractivity contribution in [3.05, 3.63) is 29.3 Å². The SMILES string of the molecule is Cc1ccc(N2CCC(F)CC2)c(C(=O)O)c1. The molecule has 92 valence electrons. The van der Waals surface area contributed by atoms with Crippen LogP contribution in [-0.4, -0.2) is 30.3 Å². The van der Waals surface area contributed by atoms with E-state index in [1.807, 2.05) is 24.0 Å². The van der Waals surface area contributed by atoms with Crippen LogP contribution < -0.4 is 4.90 Å². The minimum atomic E-state index is -0.925. The molecule has 3 nitrogen and oxygen atoms in total. The molecule has 0 radical (unpaired) electrons. The lowest BCUT2D eigenvalue weighted by molar-refractivity contribution is 0.0697. The average molecular weight is 237 g/mol. The maximum absolute atomic E-state index is 13.1. The number of benzene rings is 1. The molecule has 2 rings (SSSR count). The van der Waals surface area contributed by atoms with Crippen molar-refractivity contribution in [3.8, 4) is 0 Å². The van der Waals surface area contributed by atoms with E-state index in [2.05, 4.69) is 0 Å². The summed E-state index contributed by atoms with van der Waals surface area (Å²) in [6, 6.07) is 5.37.